The summed E-state index contributed by atoms with van der Waals surface area (Å²) in [6.45, 7) is 0. The maximum atomic E-state index is 10.3. The van der Waals surface area contributed by atoms with Crippen LogP contribution in [0.5, 0.6) is 0 Å². The van der Waals surface area contributed by atoms with Crippen molar-refractivity contribution in [1.82, 2.24) is 0 Å². The molecule has 0 aromatic rings. The van der Waals surface area contributed by atoms with E-state index in [1.54, 1.807) is 0 Å². The minimum Gasteiger partial charge on any atom is -0.323 e. The van der Waals surface area contributed by atoms with Crippen LogP contribution < -0.4 is 5.73 Å². The molecule has 72 valence electrons. The predicted octanol–water partition coefficient (Wildman–Crippen LogP) is -0.860. The summed E-state index contributed by atoms with van der Waals surface area (Å²) < 4.78 is 20.5. The fraction of sp³-hybridized carbons (Fsp3) is 0.333. The lowest BCUT2D eigenvalue weighted by atomic mass is 10.6. The molecule has 0 aromatic carbocycles. The van der Waals surface area contributed by atoms with E-state index in [2.05, 4.69) is 0 Å². The second kappa shape index (κ2) is 3.81. The first-order chi connectivity index (χ1) is 5.13. The standard InChI is InChI=1S/C3H9NO6P2/c4-3(12(8,9)10)1-2-11(5,6)7/h1-3H,4H2,(H2,5,6,7)(H2,8,9,10). The first-order valence-electron chi connectivity index (χ1n) is 2.68. The van der Waals surface area contributed by atoms with Gasteiger partial charge in [0, 0.05) is 5.82 Å². The van der Waals surface area contributed by atoms with Crippen LogP contribution in [-0.4, -0.2) is 25.4 Å². The molecule has 0 saturated carbocycles. The monoisotopic (exact) mass is 217 g/mol. The molecule has 0 fully saturated rings. The van der Waals surface area contributed by atoms with Gasteiger partial charge in [0.1, 0.15) is 5.78 Å². The molecule has 1 unspecified atom stereocenters. The number of nitrogens with two attached hydrogens (primary N) is 1. The van der Waals surface area contributed by atoms with Crippen molar-refractivity contribution in [2.45, 2.75) is 5.78 Å². The van der Waals surface area contributed by atoms with Crippen molar-refractivity contribution in [3.63, 3.8) is 0 Å². The Morgan fingerprint density at radius 3 is 1.83 bits per heavy atom. The van der Waals surface area contributed by atoms with Crippen LogP contribution in [-0.2, 0) is 9.13 Å². The zero-order valence-electron chi connectivity index (χ0n) is 5.81. The molecule has 0 bridgehead atoms. The molecule has 0 spiro atoms. The molecule has 0 aliphatic heterocycles. The SMILES string of the molecule is NC(C=CP(=O)(O)O)P(=O)(O)O. The Bertz CT molecular complexity index is 262. The summed E-state index contributed by atoms with van der Waals surface area (Å²) in [5.74, 6) is -1.32. The molecule has 7 nitrogen and oxygen atoms in total. The Labute approximate surface area is 68.2 Å². The Balaban J connectivity index is 4.40. The highest BCUT2D eigenvalue weighted by atomic mass is 31.2. The van der Waals surface area contributed by atoms with Crippen LogP contribution in [0.15, 0.2) is 11.9 Å². The molecule has 0 aliphatic rings. The van der Waals surface area contributed by atoms with E-state index in [0.29, 0.717) is 11.9 Å². The van der Waals surface area contributed by atoms with Crippen molar-refractivity contribution in [3.05, 3.63) is 11.9 Å². The van der Waals surface area contributed by atoms with Gasteiger partial charge in [0.2, 0.25) is 0 Å². The summed E-state index contributed by atoms with van der Waals surface area (Å²) in [5, 5.41) is 0. The Kier molecular flexibility index (Phi) is 3.81. The Hall–Kier alpha value is -0.0000000000000000971. The van der Waals surface area contributed by atoms with Crippen molar-refractivity contribution < 1.29 is 28.7 Å². The van der Waals surface area contributed by atoms with Crippen molar-refractivity contribution in [2.75, 3.05) is 0 Å². The minimum atomic E-state index is -4.50. The second-order valence-electron chi connectivity index (χ2n) is 2.01. The Morgan fingerprint density at radius 1 is 1.17 bits per heavy atom. The molecule has 0 heterocycles. The molecule has 6 N–H and O–H groups in total. The number of hydrogen-bond acceptors (Lipinski definition) is 3. The normalized spacial score (nSPS) is 16.8. The van der Waals surface area contributed by atoms with Gasteiger partial charge in [0.15, 0.2) is 0 Å². The average molecular weight is 217 g/mol. The highest BCUT2D eigenvalue weighted by Gasteiger charge is 2.22. The van der Waals surface area contributed by atoms with Crippen molar-refractivity contribution in [3.8, 4) is 0 Å². The molecule has 0 aromatic heterocycles. The van der Waals surface area contributed by atoms with Crippen LogP contribution in [0, 0.1) is 0 Å². The van der Waals surface area contributed by atoms with E-state index < -0.39 is 21.0 Å². The van der Waals surface area contributed by atoms with Crippen LogP contribution >= 0.6 is 15.2 Å². The number of hydrogen-bond donors (Lipinski definition) is 5. The first kappa shape index (κ1) is 12.0. The van der Waals surface area contributed by atoms with E-state index in [1.165, 1.54) is 0 Å². The molecule has 0 aliphatic carbocycles. The summed E-state index contributed by atoms with van der Waals surface area (Å²) in [7, 11) is -8.89. The van der Waals surface area contributed by atoms with Gasteiger partial charge in [-0.25, -0.2) is 0 Å². The van der Waals surface area contributed by atoms with E-state index in [1.807, 2.05) is 0 Å². The third kappa shape index (κ3) is 5.62. The van der Waals surface area contributed by atoms with Gasteiger partial charge < -0.3 is 25.3 Å². The fourth-order valence-electron chi connectivity index (χ4n) is 0.312. The molecular weight excluding hydrogens is 208 g/mol. The molecule has 9 heteroatoms. The zero-order valence-corrected chi connectivity index (χ0v) is 7.60. The number of rotatable bonds is 3. The highest BCUT2D eigenvalue weighted by Crippen LogP contribution is 2.42. The largest absolute Gasteiger partial charge is 0.348 e. The van der Waals surface area contributed by atoms with E-state index >= 15 is 0 Å². The van der Waals surface area contributed by atoms with Crippen LogP contribution in [0.25, 0.3) is 0 Å². The van der Waals surface area contributed by atoms with Gasteiger partial charge in [0.05, 0.1) is 0 Å². The van der Waals surface area contributed by atoms with Gasteiger partial charge in [-0.2, -0.15) is 0 Å². The maximum Gasteiger partial charge on any atom is 0.348 e. The third-order valence-corrected chi connectivity index (χ3v) is 2.38. The predicted molar refractivity (Wildman–Crippen MR) is 41.2 cm³/mol. The first-order valence-corrected chi connectivity index (χ1v) is 6.04. The average Bonchev–Trinajstić information content (AvgIpc) is 1.78. The van der Waals surface area contributed by atoms with Gasteiger partial charge in [-0.15, -0.1) is 0 Å². The summed E-state index contributed by atoms with van der Waals surface area (Å²) in [4.78, 5) is 33.2. The summed E-state index contributed by atoms with van der Waals surface area (Å²) in [5.41, 5.74) is 4.86. The van der Waals surface area contributed by atoms with Crippen molar-refractivity contribution >= 4 is 15.2 Å². The zero-order chi connectivity index (χ0) is 9.99. The van der Waals surface area contributed by atoms with Gasteiger partial charge >= 0.3 is 15.2 Å². The van der Waals surface area contributed by atoms with Crippen LogP contribution in [0.2, 0.25) is 0 Å². The van der Waals surface area contributed by atoms with Crippen molar-refractivity contribution in [2.24, 2.45) is 5.73 Å². The maximum absolute atomic E-state index is 10.3. The van der Waals surface area contributed by atoms with E-state index in [0.717, 1.165) is 0 Å². The highest BCUT2D eigenvalue weighted by molar-refractivity contribution is 7.55. The molecule has 0 radical (unpaired) electrons. The quantitative estimate of drug-likeness (QED) is 0.387. The molecule has 0 amide bonds. The van der Waals surface area contributed by atoms with Crippen LogP contribution in [0.4, 0.5) is 0 Å². The van der Waals surface area contributed by atoms with Crippen molar-refractivity contribution in [1.29, 1.82) is 0 Å². The molecule has 12 heavy (non-hydrogen) atoms. The lowest BCUT2D eigenvalue weighted by Crippen LogP contribution is -2.16. The molecule has 1 atom stereocenters. The summed E-state index contributed by atoms with van der Waals surface area (Å²) in [6, 6.07) is 0. The second-order valence-corrected chi connectivity index (χ2v) is 5.26. The van der Waals surface area contributed by atoms with Gasteiger partial charge in [0.25, 0.3) is 0 Å². The molecular formula is C3H9NO6P2. The molecule has 0 saturated heterocycles. The topological polar surface area (TPSA) is 141 Å². The smallest absolute Gasteiger partial charge is 0.323 e. The molecule has 0 rings (SSSR count). The van der Waals surface area contributed by atoms with Gasteiger partial charge in [-0.05, 0) is 6.08 Å². The lowest BCUT2D eigenvalue weighted by molar-refractivity contribution is 0.365. The van der Waals surface area contributed by atoms with Gasteiger partial charge in [-0.3, -0.25) is 9.13 Å². The van der Waals surface area contributed by atoms with Gasteiger partial charge in [-0.1, -0.05) is 0 Å². The Morgan fingerprint density at radius 2 is 1.58 bits per heavy atom. The minimum absolute atomic E-state index is 0.358. The van der Waals surface area contributed by atoms with E-state index in [9.17, 15) is 9.13 Å². The van der Waals surface area contributed by atoms with Crippen LogP contribution in [0.3, 0.4) is 0 Å². The van der Waals surface area contributed by atoms with Crippen LogP contribution in [0.1, 0.15) is 0 Å². The third-order valence-electron chi connectivity index (χ3n) is 0.866. The lowest BCUT2D eigenvalue weighted by Gasteiger charge is -2.07. The van der Waals surface area contributed by atoms with E-state index in [-0.39, 0.29) is 0 Å². The fourth-order valence-corrected chi connectivity index (χ4v) is 1.17. The van der Waals surface area contributed by atoms with E-state index in [4.69, 9.17) is 25.3 Å². The summed E-state index contributed by atoms with van der Waals surface area (Å²) in [6.07, 6.45) is 0.585. The summed E-state index contributed by atoms with van der Waals surface area (Å²) >= 11 is 0.